The number of carbonyl (C=O) groups is 1. The summed E-state index contributed by atoms with van der Waals surface area (Å²) in [6.45, 7) is 6.57. The van der Waals surface area contributed by atoms with Crippen LogP contribution in [0.1, 0.15) is 61.2 Å². The molecule has 0 spiro atoms. The van der Waals surface area contributed by atoms with E-state index in [1.165, 1.54) is 5.56 Å². The second-order valence-electron chi connectivity index (χ2n) is 7.97. The second kappa shape index (κ2) is 11.8. The predicted molar refractivity (Wildman–Crippen MR) is 134 cm³/mol. The molecule has 0 aliphatic heterocycles. The van der Waals surface area contributed by atoms with Crippen molar-refractivity contribution in [3.8, 4) is 16.9 Å². The summed E-state index contributed by atoms with van der Waals surface area (Å²) in [7, 11) is -1.21. The van der Waals surface area contributed by atoms with Crippen molar-refractivity contribution in [1.29, 1.82) is 0 Å². The van der Waals surface area contributed by atoms with E-state index in [1.807, 2.05) is 49.4 Å². The van der Waals surface area contributed by atoms with E-state index in [1.54, 1.807) is 18.4 Å². The zero-order valence-corrected chi connectivity index (χ0v) is 20.6. The fraction of sp³-hybridized carbons (Fsp3) is 0.321. The Hall–Kier alpha value is -2.92. The Balaban J connectivity index is 1.89. The number of unbranched alkanes of at least 4 members (excludes halogenated alkanes) is 1. The molecule has 0 amide bonds. The summed E-state index contributed by atoms with van der Waals surface area (Å²) in [4.78, 5) is 12.9. The van der Waals surface area contributed by atoms with Gasteiger partial charge in [0.2, 0.25) is 0 Å². The third-order valence-electron chi connectivity index (χ3n) is 5.62. The van der Waals surface area contributed by atoms with Gasteiger partial charge in [-0.1, -0.05) is 68.8 Å². The molecule has 0 saturated carbocycles. The monoisotopic (exact) mass is 464 g/mol. The van der Waals surface area contributed by atoms with Gasteiger partial charge in [-0.2, -0.15) is 0 Å². The Morgan fingerprint density at radius 2 is 1.64 bits per heavy atom. The van der Waals surface area contributed by atoms with E-state index in [-0.39, 0.29) is 12.1 Å². The molecule has 4 nitrogen and oxygen atoms in total. The highest BCUT2D eigenvalue weighted by molar-refractivity contribution is 7.84. The molecule has 0 bridgehead atoms. The SMILES string of the molecule is CCCCOC(=O)c1ccc(C(C)Oc2c(-c3ccccc3CC)cccc2S(C)=O)cc1. The zero-order valence-electron chi connectivity index (χ0n) is 19.8. The van der Waals surface area contributed by atoms with Gasteiger partial charge in [0.05, 0.1) is 27.9 Å². The van der Waals surface area contributed by atoms with Gasteiger partial charge in [-0.15, -0.1) is 0 Å². The molecule has 0 aliphatic carbocycles. The molecule has 174 valence electrons. The number of carbonyl (C=O) groups excluding carboxylic acids is 1. The first-order chi connectivity index (χ1) is 16.0. The Bertz CT molecular complexity index is 1110. The number of aryl methyl sites for hydroxylation is 1. The summed E-state index contributed by atoms with van der Waals surface area (Å²) in [5.74, 6) is 0.323. The summed E-state index contributed by atoms with van der Waals surface area (Å²) in [6.07, 6.45) is 4.10. The predicted octanol–water partition coefficient (Wildman–Crippen LogP) is 6.75. The maximum Gasteiger partial charge on any atom is 0.338 e. The largest absolute Gasteiger partial charge is 0.484 e. The van der Waals surface area contributed by atoms with E-state index in [4.69, 9.17) is 9.47 Å². The van der Waals surface area contributed by atoms with Gasteiger partial charge in [0, 0.05) is 11.8 Å². The lowest BCUT2D eigenvalue weighted by molar-refractivity contribution is 0.0499. The van der Waals surface area contributed by atoms with E-state index < -0.39 is 10.8 Å². The maximum absolute atomic E-state index is 12.5. The Kier molecular flexibility index (Phi) is 8.84. The van der Waals surface area contributed by atoms with Gasteiger partial charge >= 0.3 is 5.97 Å². The van der Waals surface area contributed by atoms with Crippen molar-refractivity contribution < 1.29 is 18.5 Å². The normalized spacial score (nSPS) is 12.7. The van der Waals surface area contributed by atoms with Crippen molar-refractivity contribution in [3.05, 3.63) is 83.4 Å². The lowest BCUT2D eigenvalue weighted by Gasteiger charge is -2.21. The minimum Gasteiger partial charge on any atom is -0.484 e. The number of ether oxygens (including phenoxy) is 2. The van der Waals surface area contributed by atoms with Crippen LogP contribution in [0.5, 0.6) is 5.75 Å². The summed E-state index contributed by atoms with van der Waals surface area (Å²) in [6, 6.07) is 21.3. The summed E-state index contributed by atoms with van der Waals surface area (Å²) < 4.78 is 24.3. The zero-order chi connectivity index (χ0) is 23.8. The third kappa shape index (κ3) is 6.11. The smallest absolute Gasteiger partial charge is 0.338 e. The van der Waals surface area contributed by atoms with Crippen LogP contribution >= 0.6 is 0 Å². The van der Waals surface area contributed by atoms with Gasteiger partial charge < -0.3 is 9.47 Å². The van der Waals surface area contributed by atoms with Crippen LogP contribution in [0.2, 0.25) is 0 Å². The van der Waals surface area contributed by atoms with E-state index in [2.05, 4.69) is 26.0 Å². The molecule has 33 heavy (non-hydrogen) atoms. The first kappa shape index (κ1) is 24.7. The van der Waals surface area contributed by atoms with Crippen LogP contribution in [0.25, 0.3) is 11.1 Å². The average molecular weight is 465 g/mol. The maximum atomic E-state index is 12.5. The minimum atomic E-state index is -1.21. The van der Waals surface area contributed by atoms with Gasteiger partial charge in [-0.25, -0.2) is 4.79 Å². The van der Waals surface area contributed by atoms with E-state index in [9.17, 15) is 9.00 Å². The topological polar surface area (TPSA) is 52.6 Å². The number of esters is 1. The van der Waals surface area contributed by atoms with Crippen molar-refractivity contribution in [2.75, 3.05) is 12.9 Å². The molecule has 0 aromatic heterocycles. The van der Waals surface area contributed by atoms with Crippen LogP contribution in [0.4, 0.5) is 0 Å². The van der Waals surface area contributed by atoms with E-state index in [0.29, 0.717) is 22.8 Å². The van der Waals surface area contributed by atoms with Crippen molar-refractivity contribution >= 4 is 16.8 Å². The first-order valence-corrected chi connectivity index (χ1v) is 13.0. The number of hydrogen-bond donors (Lipinski definition) is 0. The fourth-order valence-corrected chi connectivity index (χ4v) is 4.38. The van der Waals surface area contributed by atoms with Crippen LogP contribution in [0, 0.1) is 0 Å². The molecule has 0 aliphatic rings. The minimum absolute atomic E-state index is 0.299. The van der Waals surface area contributed by atoms with Crippen LogP contribution in [0.15, 0.2) is 71.6 Å². The van der Waals surface area contributed by atoms with Gasteiger partial charge in [0.1, 0.15) is 11.9 Å². The van der Waals surface area contributed by atoms with E-state index >= 15 is 0 Å². The molecule has 0 fully saturated rings. The first-order valence-electron chi connectivity index (χ1n) is 11.4. The van der Waals surface area contributed by atoms with Crippen LogP contribution < -0.4 is 4.74 Å². The Labute approximate surface area is 199 Å². The quantitative estimate of drug-likeness (QED) is 0.246. The van der Waals surface area contributed by atoms with Crippen molar-refractivity contribution in [3.63, 3.8) is 0 Å². The fourth-order valence-electron chi connectivity index (χ4n) is 3.69. The molecular formula is C28H32O4S. The molecular weight excluding hydrogens is 432 g/mol. The Morgan fingerprint density at radius 3 is 2.30 bits per heavy atom. The highest BCUT2D eigenvalue weighted by atomic mass is 32.2. The molecule has 0 saturated heterocycles. The molecule has 5 heteroatoms. The van der Waals surface area contributed by atoms with Crippen molar-refractivity contribution in [2.24, 2.45) is 0 Å². The second-order valence-corrected chi connectivity index (χ2v) is 9.32. The summed E-state index contributed by atoms with van der Waals surface area (Å²) in [5.41, 5.74) is 4.67. The summed E-state index contributed by atoms with van der Waals surface area (Å²) in [5, 5.41) is 0. The van der Waals surface area contributed by atoms with Crippen LogP contribution in [-0.4, -0.2) is 23.0 Å². The molecule has 2 unspecified atom stereocenters. The number of para-hydroxylation sites is 1. The van der Waals surface area contributed by atoms with Gasteiger partial charge in [0.15, 0.2) is 0 Å². The van der Waals surface area contributed by atoms with Crippen LogP contribution in [-0.2, 0) is 22.0 Å². The highest BCUT2D eigenvalue weighted by Gasteiger charge is 2.19. The van der Waals surface area contributed by atoms with Gasteiger partial charge in [-0.05, 0) is 54.7 Å². The number of benzene rings is 3. The Morgan fingerprint density at radius 1 is 0.939 bits per heavy atom. The number of hydrogen-bond acceptors (Lipinski definition) is 4. The molecule has 3 aromatic carbocycles. The molecule has 3 aromatic rings. The van der Waals surface area contributed by atoms with Crippen LogP contribution in [0.3, 0.4) is 0 Å². The molecule has 0 radical (unpaired) electrons. The van der Waals surface area contributed by atoms with Crippen molar-refractivity contribution in [1.82, 2.24) is 0 Å². The molecule has 0 heterocycles. The van der Waals surface area contributed by atoms with Gasteiger partial charge in [-0.3, -0.25) is 4.21 Å². The standard InChI is InChI=1S/C28H32O4S/c1-5-7-19-31-28(29)23-17-15-22(16-18-23)20(3)32-27-25(13-10-14-26(27)33(4)30)24-12-9-8-11-21(24)6-2/h8-18,20H,5-7,19H2,1-4H3. The number of rotatable bonds is 10. The van der Waals surface area contributed by atoms with Gasteiger partial charge in [0.25, 0.3) is 0 Å². The third-order valence-corrected chi connectivity index (χ3v) is 6.56. The average Bonchev–Trinajstić information content (AvgIpc) is 2.84. The lowest BCUT2D eigenvalue weighted by Crippen LogP contribution is -2.09. The summed E-state index contributed by atoms with van der Waals surface area (Å²) >= 11 is 0. The molecule has 2 atom stereocenters. The molecule has 0 N–H and O–H groups in total. The highest BCUT2D eigenvalue weighted by Crippen LogP contribution is 2.39. The lowest BCUT2D eigenvalue weighted by atomic mass is 9.97. The van der Waals surface area contributed by atoms with Crippen molar-refractivity contribution in [2.45, 2.75) is 51.0 Å². The molecule has 3 rings (SSSR count). The van der Waals surface area contributed by atoms with E-state index in [0.717, 1.165) is 36.0 Å².